The van der Waals surface area contributed by atoms with Gasteiger partial charge in [-0.15, -0.1) is 0 Å². The van der Waals surface area contributed by atoms with E-state index in [4.69, 9.17) is 16.2 Å². The smallest absolute Gasteiger partial charge is 0.166 e. The van der Waals surface area contributed by atoms with Crippen LogP contribution in [0, 0.1) is 0 Å². The second-order valence-corrected chi connectivity index (χ2v) is 2.92. The van der Waals surface area contributed by atoms with Crippen molar-refractivity contribution in [1.82, 2.24) is 0 Å². The van der Waals surface area contributed by atoms with Crippen LogP contribution in [0.15, 0.2) is 18.2 Å². The first kappa shape index (κ1) is 10.5. The first-order chi connectivity index (χ1) is 6.69. The minimum atomic E-state index is -0.0519. The predicted molar refractivity (Wildman–Crippen MR) is 55.4 cm³/mol. The summed E-state index contributed by atoms with van der Waals surface area (Å²) in [5.41, 5.74) is 11.9. The fraction of sp³-hybridized carbons (Fsp3) is 0.300. The number of nitrogen functional groups attached to an aromatic ring is 1. The van der Waals surface area contributed by atoms with Crippen LogP contribution in [0.3, 0.4) is 0 Å². The molecule has 0 saturated heterocycles. The Labute approximate surface area is 82.8 Å². The van der Waals surface area contributed by atoms with Crippen LogP contribution in [0.25, 0.3) is 0 Å². The first-order valence-electron chi connectivity index (χ1n) is 4.36. The van der Waals surface area contributed by atoms with Gasteiger partial charge in [0.2, 0.25) is 0 Å². The van der Waals surface area contributed by atoms with E-state index < -0.39 is 0 Å². The average Bonchev–Trinajstić information content (AvgIpc) is 2.19. The number of hydrogen-bond acceptors (Lipinski definition) is 4. The highest BCUT2D eigenvalue weighted by Crippen LogP contribution is 2.20. The first-order valence-corrected chi connectivity index (χ1v) is 4.36. The fourth-order valence-corrected chi connectivity index (χ4v) is 1.17. The predicted octanol–water partition coefficient (Wildman–Crippen LogP) is 0.809. The number of anilines is 1. The highest BCUT2D eigenvalue weighted by atomic mass is 16.5. The number of hydrogen-bond donors (Lipinski definition) is 2. The van der Waals surface area contributed by atoms with Crippen molar-refractivity contribution in [2.75, 3.05) is 19.4 Å². The third-order valence-corrected chi connectivity index (χ3v) is 1.93. The lowest BCUT2D eigenvalue weighted by molar-refractivity contribution is 0.0986. The van der Waals surface area contributed by atoms with Crippen molar-refractivity contribution in [2.24, 2.45) is 5.73 Å². The number of benzene rings is 1. The van der Waals surface area contributed by atoms with Crippen LogP contribution in [0.2, 0.25) is 0 Å². The highest BCUT2D eigenvalue weighted by Gasteiger charge is 2.09. The van der Waals surface area contributed by atoms with Crippen molar-refractivity contribution in [3.8, 4) is 5.75 Å². The summed E-state index contributed by atoms with van der Waals surface area (Å²) in [6, 6.07) is 5.00. The number of rotatable bonds is 4. The van der Waals surface area contributed by atoms with Gasteiger partial charge in [0, 0.05) is 17.7 Å². The maximum atomic E-state index is 11.5. The Morgan fingerprint density at radius 1 is 1.50 bits per heavy atom. The van der Waals surface area contributed by atoms with Crippen molar-refractivity contribution in [3.05, 3.63) is 23.8 Å². The van der Waals surface area contributed by atoms with Gasteiger partial charge in [-0.3, -0.25) is 4.79 Å². The SMILES string of the molecule is COc1ccc(N)c(C(=O)CCN)c1. The summed E-state index contributed by atoms with van der Waals surface area (Å²) in [6.45, 7) is 0.329. The minimum Gasteiger partial charge on any atom is -0.497 e. The van der Waals surface area contributed by atoms with Crippen LogP contribution in [-0.4, -0.2) is 19.4 Å². The summed E-state index contributed by atoms with van der Waals surface area (Å²) in [6.07, 6.45) is 0.303. The zero-order chi connectivity index (χ0) is 10.6. The van der Waals surface area contributed by atoms with Gasteiger partial charge in [-0.2, -0.15) is 0 Å². The van der Waals surface area contributed by atoms with Gasteiger partial charge in [-0.25, -0.2) is 0 Å². The average molecular weight is 194 g/mol. The highest BCUT2D eigenvalue weighted by molar-refractivity contribution is 6.01. The van der Waals surface area contributed by atoms with Gasteiger partial charge < -0.3 is 16.2 Å². The third kappa shape index (κ3) is 2.23. The summed E-state index contributed by atoms with van der Waals surface area (Å²) in [4.78, 5) is 11.5. The zero-order valence-corrected chi connectivity index (χ0v) is 8.12. The molecule has 0 aromatic heterocycles. The molecular formula is C10H14N2O2. The molecule has 0 bridgehead atoms. The number of carbonyl (C=O) groups is 1. The lowest BCUT2D eigenvalue weighted by atomic mass is 10.1. The maximum Gasteiger partial charge on any atom is 0.166 e. The van der Waals surface area contributed by atoms with Gasteiger partial charge in [-0.05, 0) is 24.7 Å². The molecule has 76 valence electrons. The van der Waals surface area contributed by atoms with E-state index in [0.717, 1.165) is 0 Å². The topological polar surface area (TPSA) is 78.3 Å². The Kier molecular flexibility index (Phi) is 3.48. The molecule has 14 heavy (non-hydrogen) atoms. The fourth-order valence-electron chi connectivity index (χ4n) is 1.17. The van der Waals surface area contributed by atoms with E-state index in [9.17, 15) is 4.79 Å². The van der Waals surface area contributed by atoms with Crippen molar-refractivity contribution in [3.63, 3.8) is 0 Å². The van der Waals surface area contributed by atoms with E-state index in [0.29, 0.717) is 30.0 Å². The lowest BCUT2D eigenvalue weighted by Crippen LogP contribution is -2.10. The van der Waals surface area contributed by atoms with E-state index in [2.05, 4.69) is 0 Å². The molecule has 4 nitrogen and oxygen atoms in total. The molecule has 0 aliphatic rings. The number of nitrogens with two attached hydrogens (primary N) is 2. The summed E-state index contributed by atoms with van der Waals surface area (Å²) in [5, 5.41) is 0. The molecule has 0 spiro atoms. The molecule has 0 amide bonds. The quantitative estimate of drug-likeness (QED) is 0.549. The van der Waals surface area contributed by atoms with Crippen LogP contribution < -0.4 is 16.2 Å². The van der Waals surface area contributed by atoms with E-state index in [1.54, 1.807) is 25.3 Å². The molecule has 0 aliphatic carbocycles. The van der Waals surface area contributed by atoms with Crippen molar-refractivity contribution >= 4 is 11.5 Å². The standard InChI is InChI=1S/C10H14N2O2/c1-14-7-2-3-9(12)8(6-7)10(13)4-5-11/h2-3,6H,4-5,11-12H2,1H3. The molecule has 1 aromatic rings. The van der Waals surface area contributed by atoms with Crippen LogP contribution in [0.1, 0.15) is 16.8 Å². The van der Waals surface area contributed by atoms with E-state index in [-0.39, 0.29) is 5.78 Å². The number of Topliss-reactive ketones (excluding diaryl/α,β-unsaturated/α-hetero) is 1. The van der Waals surface area contributed by atoms with E-state index in [1.807, 2.05) is 0 Å². The summed E-state index contributed by atoms with van der Waals surface area (Å²) >= 11 is 0. The monoisotopic (exact) mass is 194 g/mol. The number of methoxy groups -OCH3 is 1. The second-order valence-electron chi connectivity index (χ2n) is 2.92. The molecular weight excluding hydrogens is 180 g/mol. The Morgan fingerprint density at radius 2 is 2.21 bits per heavy atom. The Balaban J connectivity index is 2.99. The Bertz CT molecular complexity index is 337. The van der Waals surface area contributed by atoms with Crippen molar-refractivity contribution < 1.29 is 9.53 Å². The van der Waals surface area contributed by atoms with Gasteiger partial charge in [0.25, 0.3) is 0 Å². The molecule has 4 heteroatoms. The maximum absolute atomic E-state index is 11.5. The molecule has 0 heterocycles. The molecule has 1 rings (SSSR count). The van der Waals surface area contributed by atoms with Gasteiger partial charge in [0.1, 0.15) is 5.75 Å². The van der Waals surface area contributed by atoms with Gasteiger partial charge in [-0.1, -0.05) is 0 Å². The van der Waals surface area contributed by atoms with E-state index >= 15 is 0 Å². The molecule has 0 atom stereocenters. The van der Waals surface area contributed by atoms with E-state index in [1.165, 1.54) is 0 Å². The van der Waals surface area contributed by atoms with Crippen LogP contribution >= 0.6 is 0 Å². The summed E-state index contributed by atoms with van der Waals surface area (Å²) in [5.74, 6) is 0.573. The molecule has 0 aliphatic heterocycles. The lowest BCUT2D eigenvalue weighted by Gasteiger charge is -2.06. The van der Waals surface area contributed by atoms with Crippen molar-refractivity contribution in [1.29, 1.82) is 0 Å². The molecule has 0 saturated carbocycles. The normalized spacial score (nSPS) is 9.86. The number of ether oxygens (including phenoxy) is 1. The van der Waals surface area contributed by atoms with Crippen LogP contribution in [-0.2, 0) is 0 Å². The van der Waals surface area contributed by atoms with Crippen LogP contribution in [0.5, 0.6) is 5.75 Å². The Morgan fingerprint density at radius 3 is 2.79 bits per heavy atom. The molecule has 0 radical (unpaired) electrons. The van der Waals surface area contributed by atoms with Gasteiger partial charge in [0.15, 0.2) is 5.78 Å². The van der Waals surface area contributed by atoms with Gasteiger partial charge >= 0.3 is 0 Å². The van der Waals surface area contributed by atoms with Crippen molar-refractivity contribution in [2.45, 2.75) is 6.42 Å². The van der Waals surface area contributed by atoms with Crippen LogP contribution in [0.4, 0.5) is 5.69 Å². The largest absolute Gasteiger partial charge is 0.497 e. The number of carbonyl (C=O) groups excluding carboxylic acids is 1. The minimum absolute atomic E-state index is 0.0519. The van der Waals surface area contributed by atoms with Gasteiger partial charge in [0.05, 0.1) is 7.11 Å². The third-order valence-electron chi connectivity index (χ3n) is 1.93. The Hall–Kier alpha value is -1.55. The second kappa shape index (κ2) is 4.62. The number of ketones is 1. The summed E-state index contributed by atoms with van der Waals surface area (Å²) in [7, 11) is 1.54. The molecule has 0 unspecified atom stereocenters. The zero-order valence-electron chi connectivity index (χ0n) is 8.12. The molecule has 0 fully saturated rings. The summed E-state index contributed by atoms with van der Waals surface area (Å²) < 4.78 is 5.00. The molecule has 1 aromatic carbocycles. The molecule has 4 N–H and O–H groups in total.